The van der Waals surface area contributed by atoms with Crippen molar-refractivity contribution < 1.29 is 4.79 Å². The van der Waals surface area contributed by atoms with Crippen molar-refractivity contribution in [2.45, 2.75) is 5.92 Å². The molecular weight excluding hydrogens is 328 g/mol. The Bertz CT molecular complexity index is 652. The first kappa shape index (κ1) is 13.7. The minimum absolute atomic E-state index is 0.279. The minimum Gasteiger partial charge on any atom is -0.292 e. The van der Waals surface area contributed by atoms with E-state index in [0.29, 0.717) is 20.6 Å². The number of nitrogens with zero attached hydrogens (tertiary/aromatic N) is 2. The monoisotopic (exact) mass is 334 g/mol. The van der Waals surface area contributed by atoms with Crippen LogP contribution in [0.3, 0.4) is 0 Å². The van der Waals surface area contributed by atoms with Gasteiger partial charge in [-0.2, -0.15) is 5.26 Å². The van der Waals surface area contributed by atoms with Crippen molar-refractivity contribution in [1.29, 1.82) is 5.26 Å². The molecule has 94 valence electrons. The van der Waals surface area contributed by atoms with E-state index in [2.05, 4.69) is 20.9 Å². The first-order valence-corrected chi connectivity index (χ1v) is 6.59. The Labute approximate surface area is 124 Å². The van der Waals surface area contributed by atoms with Crippen molar-refractivity contribution in [3.8, 4) is 6.07 Å². The molecule has 5 heteroatoms. The lowest BCUT2D eigenvalue weighted by molar-refractivity contribution is 0.0978. The van der Waals surface area contributed by atoms with E-state index in [-0.39, 0.29) is 5.78 Å². The second-order valence-corrected chi connectivity index (χ2v) is 5.13. The highest BCUT2D eigenvalue weighted by Gasteiger charge is 2.23. The summed E-state index contributed by atoms with van der Waals surface area (Å²) in [5, 5.41) is 9.74. The molecule has 0 aliphatic rings. The maximum absolute atomic E-state index is 12.4. The molecule has 3 nitrogen and oxygen atoms in total. The van der Waals surface area contributed by atoms with Crippen LogP contribution in [0.1, 0.15) is 21.8 Å². The van der Waals surface area contributed by atoms with Crippen molar-refractivity contribution in [3.05, 3.63) is 63.3 Å². The van der Waals surface area contributed by atoms with Gasteiger partial charge in [-0.15, -0.1) is 0 Å². The average Bonchev–Trinajstić information content (AvgIpc) is 2.40. The smallest absolute Gasteiger partial charge is 0.185 e. The van der Waals surface area contributed by atoms with Crippen LogP contribution in [0.4, 0.5) is 0 Å². The van der Waals surface area contributed by atoms with E-state index in [4.69, 9.17) is 11.6 Å². The van der Waals surface area contributed by atoms with Gasteiger partial charge in [0.2, 0.25) is 0 Å². The number of hydrogen-bond donors (Lipinski definition) is 0. The molecule has 0 fully saturated rings. The molecule has 2 rings (SSSR count). The second-order valence-electron chi connectivity index (χ2n) is 3.84. The van der Waals surface area contributed by atoms with E-state index in [1.54, 1.807) is 36.5 Å². The summed E-state index contributed by atoms with van der Waals surface area (Å²) in [6.45, 7) is 0. The lowest BCUT2D eigenvalue weighted by Crippen LogP contribution is -2.12. The zero-order valence-corrected chi connectivity index (χ0v) is 12.0. The van der Waals surface area contributed by atoms with Crippen LogP contribution in [0.25, 0.3) is 0 Å². The van der Waals surface area contributed by atoms with Crippen molar-refractivity contribution in [1.82, 2.24) is 4.98 Å². The average molecular weight is 336 g/mol. The molecule has 1 aromatic heterocycles. The molecule has 1 atom stereocenters. The number of carbonyl (C=O) groups excluding carboxylic acids is 1. The summed E-state index contributed by atoms with van der Waals surface area (Å²) in [7, 11) is 0. The third-order valence-electron chi connectivity index (χ3n) is 2.61. The topological polar surface area (TPSA) is 53.8 Å². The number of hydrogen-bond acceptors (Lipinski definition) is 3. The maximum atomic E-state index is 12.4. The van der Waals surface area contributed by atoms with Crippen LogP contribution < -0.4 is 0 Å². The summed E-state index contributed by atoms with van der Waals surface area (Å²) in [6, 6.07) is 10.3. The van der Waals surface area contributed by atoms with Gasteiger partial charge < -0.3 is 0 Å². The molecule has 0 spiro atoms. The SMILES string of the molecule is N#CC(C(=O)c1ccc(Cl)cc1Br)c1cccnc1. The molecule has 19 heavy (non-hydrogen) atoms. The Morgan fingerprint density at radius 3 is 2.79 bits per heavy atom. The largest absolute Gasteiger partial charge is 0.292 e. The lowest BCUT2D eigenvalue weighted by atomic mass is 9.93. The van der Waals surface area contributed by atoms with Crippen LogP contribution in [-0.4, -0.2) is 10.8 Å². The van der Waals surface area contributed by atoms with Gasteiger partial charge in [0.05, 0.1) is 6.07 Å². The Balaban J connectivity index is 2.40. The predicted molar refractivity (Wildman–Crippen MR) is 76.1 cm³/mol. The highest BCUT2D eigenvalue weighted by molar-refractivity contribution is 9.10. The number of halogens is 2. The van der Waals surface area contributed by atoms with Crippen LogP contribution >= 0.6 is 27.5 Å². The zero-order valence-electron chi connectivity index (χ0n) is 9.68. The fraction of sp³-hybridized carbons (Fsp3) is 0.0714. The van der Waals surface area contributed by atoms with Gasteiger partial charge in [0.15, 0.2) is 5.78 Å². The highest BCUT2D eigenvalue weighted by atomic mass is 79.9. The highest BCUT2D eigenvalue weighted by Crippen LogP contribution is 2.27. The van der Waals surface area contributed by atoms with Crippen LogP contribution in [0.2, 0.25) is 5.02 Å². The Kier molecular flexibility index (Phi) is 4.31. The van der Waals surface area contributed by atoms with Gasteiger partial charge in [-0.1, -0.05) is 17.7 Å². The summed E-state index contributed by atoms with van der Waals surface area (Å²) < 4.78 is 0.578. The zero-order chi connectivity index (χ0) is 13.8. The normalized spacial score (nSPS) is 11.6. The van der Waals surface area contributed by atoms with Crippen LogP contribution in [0.15, 0.2) is 47.2 Å². The molecule has 0 N–H and O–H groups in total. The molecular formula is C14H8BrClN2O. The minimum atomic E-state index is -0.869. The molecule has 1 unspecified atom stereocenters. The molecule has 0 radical (unpaired) electrons. The molecule has 0 amide bonds. The predicted octanol–water partition coefficient (Wildman–Crippen LogP) is 3.99. The van der Waals surface area contributed by atoms with E-state index >= 15 is 0 Å². The van der Waals surface area contributed by atoms with Gasteiger partial charge >= 0.3 is 0 Å². The van der Waals surface area contributed by atoms with Crippen LogP contribution in [-0.2, 0) is 0 Å². The van der Waals surface area contributed by atoms with E-state index in [1.165, 1.54) is 6.20 Å². The maximum Gasteiger partial charge on any atom is 0.185 e. The third-order valence-corrected chi connectivity index (χ3v) is 3.50. The number of benzene rings is 1. The molecule has 1 aromatic carbocycles. The van der Waals surface area contributed by atoms with E-state index in [9.17, 15) is 10.1 Å². The molecule has 0 saturated carbocycles. The molecule has 2 aromatic rings. The number of pyridine rings is 1. The van der Waals surface area contributed by atoms with Crippen molar-refractivity contribution in [2.24, 2.45) is 0 Å². The van der Waals surface area contributed by atoms with E-state index in [1.807, 2.05) is 6.07 Å². The molecule has 1 heterocycles. The summed E-state index contributed by atoms with van der Waals surface area (Å²) >= 11 is 9.12. The van der Waals surface area contributed by atoms with E-state index in [0.717, 1.165) is 0 Å². The van der Waals surface area contributed by atoms with Gasteiger partial charge in [0.1, 0.15) is 5.92 Å². The molecule has 0 aliphatic carbocycles. The fourth-order valence-electron chi connectivity index (χ4n) is 1.68. The number of aromatic nitrogens is 1. The third kappa shape index (κ3) is 3.01. The van der Waals surface area contributed by atoms with Crippen LogP contribution in [0.5, 0.6) is 0 Å². The first-order chi connectivity index (χ1) is 9.13. The summed E-state index contributed by atoms with van der Waals surface area (Å²) in [4.78, 5) is 16.3. The lowest BCUT2D eigenvalue weighted by Gasteiger charge is -2.09. The molecule has 0 bridgehead atoms. The number of Topliss-reactive ketones (excluding diaryl/α,β-unsaturated/α-hetero) is 1. The number of nitriles is 1. The summed E-state index contributed by atoms with van der Waals surface area (Å²) in [5.74, 6) is -1.15. The van der Waals surface area contributed by atoms with E-state index < -0.39 is 5.92 Å². The Morgan fingerprint density at radius 1 is 1.42 bits per heavy atom. The standard InChI is InChI=1S/C14H8BrClN2O/c15-13-6-10(16)3-4-11(13)14(19)12(7-17)9-2-1-5-18-8-9/h1-6,8,12H. The van der Waals surface area contributed by atoms with Gasteiger partial charge in [-0.05, 0) is 45.8 Å². The van der Waals surface area contributed by atoms with Crippen LogP contribution in [0, 0.1) is 11.3 Å². The number of ketones is 1. The van der Waals surface area contributed by atoms with Crippen molar-refractivity contribution in [2.75, 3.05) is 0 Å². The van der Waals surface area contributed by atoms with Gasteiger partial charge in [-0.3, -0.25) is 9.78 Å². The second kappa shape index (κ2) is 5.96. The van der Waals surface area contributed by atoms with Gasteiger partial charge in [-0.25, -0.2) is 0 Å². The Hall–Kier alpha value is -1.70. The fourth-order valence-corrected chi connectivity index (χ4v) is 2.55. The quantitative estimate of drug-likeness (QED) is 0.797. The molecule has 0 saturated heterocycles. The van der Waals surface area contributed by atoms with Gasteiger partial charge in [0.25, 0.3) is 0 Å². The first-order valence-electron chi connectivity index (χ1n) is 5.42. The summed E-state index contributed by atoms with van der Waals surface area (Å²) in [6.07, 6.45) is 3.12. The molecule has 0 aliphatic heterocycles. The Morgan fingerprint density at radius 2 is 2.21 bits per heavy atom. The van der Waals surface area contributed by atoms with Crippen molar-refractivity contribution >= 4 is 33.3 Å². The summed E-state index contributed by atoms with van der Waals surface area (Å²) in [5.41, 5.74) is 1.01. The van der Waals surface area contributed by atoms with Gasteiger partial charge in [0, 0.05) is 27.5 Å². The number of carbonyl (C=O) groups is 1. The number of rotatable bonds is 3. The van der Waals surface area contributed by atoms with Crippen molar-refractivity contribution in [3.63, 3.8) is 0 Å².